The molecule has 0 saturated heterocycles. The van der Waals surface area contributed by atoms with Crippen LogP contribution >= 0.6 is 0 Å². The Morgan fingerprint density at radius 2 is 1.74 bits per heavy atom. The maximum Gasteiger partial charge on any atom is 0.471 e. The van der Waals surface area contributed by atoms with Crippen LogP contribution < -0.4 is 5.32 Å². The maximum atomic E-state index is 13.8. The van der Waals surface area contributed by atoms with Crippen molar-refractivity contribution < 1.29 is 26.7 Å². The molecule has 1 aliphatic carbocycles. The van der Waals surface area contributed by atoms with Crippen molar-refractivity contribution in [2.45, 2.75) is 18.5 Å². The lowest BCUT2D eigenvalue weighted by molar-refractivity contribution is -0.167. The average molecular weight is 469 g/mol. The first-order valence-electron chi connectivity index (χ1n) is 10.3. The fourth-order valence-corrected chi connectivity index (χ4v) is 4.37. The highest BCUT2D eigenvalue weighted by Gasteiger charge is 2.39. The Morgan fingerprint density at radius 1 is 1.00 bits per heavy atom. The third-order valence-corrected chi connectivity index (χ3v) is 5.76. The molecule has 2 N–H and O–H groups in total. The van der Waals surface area contributed by atoms with Gasteiger partial charge in [-0.1, -0.05) is 42.0 Å². The Balaban J connectivity index is 1.56. The number of hydrogen-bond donors (Lipinski definition) is 2. The predicted octanol–water partition coefficient (Wildman–Crippen LogP) is 6.11. The number of nitrogens with zero attached hydrogens (tertiary/aromatic N) is 1. The number of carbonyl (C=O) groups is 1. The molecular weight excluding hydrogens is 453 g/mol. The summed E-state index contributed by atoms with van der Waals surface area (Å²) in [6, 6.07) is 16.1. The van der Waals surface area contributed by atoms with E-state index in [-0.39, 0.29) is 18.2 Å². The highest BCUT2D eigenvalue weighted by Crippen LogP contribution is 2.43. The molecule has 0 radical (unpaired) electrons. The van der Waals surface area contributed by atoms with Crippen molar-refractivity contribution in [1.82, 2.24) is 10.2 Å². The van der Waals surface area contributed by atoms with Crippen LogP contribution in [0, 0.1) is 11.6 Å². The number of carbonyl (C=O) groups excluding carboxylic acids is 1. The van der Waals surface area contributed by atoms with E-state index in [4.69, 9.17) is 0 Å². The highest BCUT2D eigenvalue weighted by atomic mass is 19.4. The van der Waals surface area contributed by atoms with Crippen molar-refractivity contribution in [3.8, 4) is 0 Å². The molecule has 9 heteroatoms. The van der Waals surface area contributed by atoms with E-state index >= 15 is 0 Å². The second-order valence-electron chi connectivity index (χ2n) is 8.06. The molecule has 4 aromatic rings. The standard InChI is InChI=1S/C25H16F5N3O/c26-17-8-13(9-18(27)12-17)7-16-10-14-3-1-2-4-19(14)22(16)15-5-6-21-20(11-15)23(33-32-21)31-24(34)25(28,29)30/h1-6,8-12,22H,7H2,(H2,31,32,33,34). The average Bonchev–Trinajstić information content (AvgIpc) is 3.32. The first kappa shape index (κ1) is 21.8. The van der Waals surface area contributed by atoms with Crippen LogP contribution in [0.1, 0.15) is 28.2 Å². The van der Waals surface area contributed by atoms with Gasteiger partial charge in [0.1, 0.15) is 11.6 Å². The van der Waals surface area contributed by atoms with Crippen LogP contribution in [0.4, 0.5) is 27.8 Å². The number of amides is 1. The fraction of sp³-hybridized carbons (Fsp3) is 0.120. The topological polar surface area (TPSA) is 57.8 Å². The molecule has 1 atom stereocenters. The highest BCUT2D eigenvalue weighted by molar-refractivity contribution is 6.02. The molecule has 1 aromatic heterocycles. The zero-order chi connectivity index (χ0) is 24.0. The summed E-state index contributed by atoms with van der Waals surface area (Å²) >= 11 is 0. The van der Waals surface area contributed by atoms with E-state index in [9.17, 15) is 26.7 Å². The molecule has 0 fully saturated rings. The van der Waals surface area contributed by atoms with Gasteiger partial charge in [0.2, 0.25) is 0 Å². The van der Waals surface area contributed by atoms with Crippen LogP contribution in [-0.2, 0) is 11.2 Å². The number of nitrogens with one attached hydrogen (secondary N) is 2. The van der Waals surface area contributed by atoms with Crippen molar-refractivity contribution in [2.75, 3.05) is 5.32 Å². The van der Waals surface area contributed by atoms with Crippen LogP contribution in [0.3, 0.4) is 0 Å². The minimum atomic E-state index is -5.05. The van der Waals surface area contributed by atoms with E-state index in [0.717, 1.165) is 28.3 Å². The second kappa shape index (κ2) is 8.09. The van der Waals surface area contributed by atoms with Gasteiger partial charge in [-0.2, -0.15) is 18.3 Å². The lowest BCUT2D eigenvalue weighted by Gasteiger charge is -2.18. The number of benzene rings is 3. The van der Waals surface area contributed by atoms with E-state index in [0.29, 0.717) is 16.5 Å². The summed E-state index contributed by atoms with van der Waals surface area (Å²) in [5.74, 6) is -4.00. The zero-order valence-corrected chi connectivity index (χ0v) is 17.4. The number of halogens is 5. The van der Waals surface area contributed by atoms with E-state index in [1.54, 1.807) is 17.4 Å². The van der Waals surface area contributed by atoms with Crippen molar-refractivity contribution in [1.29, 1.82) is 0 Å². The quantitative estimate of drug-likeness (QED) is 0.354. The summed E-state index contributed by atoms with van der Waals surface area (Å²) in [6.07, 6.45) is -2.83. The van der Waals surface area contributed by atoms with Gasteiger partial charge in [-0.25, -0.2) is 8.78 Å². The summed E-state index contributed by atoms with van der Waals surface area (Å²) in [4.78, 5) is 11.4. The molecule has 1 unspecified atom stereocenters. The van der Waals surface area contributed by atoms with Crippen molar-refractivity contribution in [2.24, 2.45) is 0 Å². The zero-order valence-electron chi connectivity index (χ0n) is 17.4. The summed E-state index contributed by atoms with van der Waals surface area (Å²) in [6.45, 7) is 0. The van der Waals surface area contributed by atoms with Gasteiger partial charge in [0.05, 0.1) is 5.52 Å². The monoisotopic (exact) mass is 469 g/mol. The molecule has 0 bridgehead atoms. The molecule has 1 heterocycles. The summed E-state index contributed by atoms with van der Waals surface area (Å²) in [7, 11) is 0. The number of alkyl halides is 3. The molecule has 5 rings (SSSR count). The molecule has 172 valence electrons. The Bertz CT molecular complexity index is 1430. The van der Waals surface area contributed by atoms with Gasteiger partial charge in [0, 0.05) is 17.4 Å². The third kappa shape index (κ3) is 4.05. The second-order valence-corrected chi connectivity index (χ2v) is 8.06. The maximum absolute atomic E-state index is 13.8. The van der Waals surface area contributed by atoms with E-state index < -0.39 is 23.7 Å². The number of allylic oxidation sites excluding steroid dienone is 1. The van der Waals surface area contributed by atoms with Crippen LogP contribution in [0.2, 0.25) is 0 Å². The summed E-state index contributed by atoms with van der Waals surface area (Å²) in [5.41, 5.74) is 4.42. The molecule has 0 spiro atoms. The molecule has 4 nitrogen and oxygen atoms in total. The first-order chi connectivity index (χ1) is 16.2. The number of rotatable bonds is 4. The Hall–Kier alpha value is -4.01. The fourth-order valence-electron chi connectivity index (χ4n) is 4.37. The molecular formula is C25H16F5N3O. The summed E-state index contributed by atoms with van der Waals surface area (Å²) in [5, 5.41) is 8.54. The van der Waals surface area contributed by atoms with Gasteiger partial charge in [-0.15, -0.1) is 0 Å². The Kier molecular flexibility index (Phi) is 5.19. The SMILES string of the molecule is O=C(Nc1n[nH]c2ccc(C3C(Cc4cc(F)cc(F)c4)=Cc4ccccc43)cc12)C(F)(F)F. The Morgan fingerprint density at radius 3 is 2.47 bits per heavy atom. The van der Waals surface area contributed by atoms with Crippen LogP contribution in [0.5, 0.6) is 0 Å². The minimum absolute atomic E-state index is 0.233. The normalized spacial score (nSPS) is 15.3. The molecule has 1 aliphatic rings. The lowest BCUT2D eigenvalue weighted by Crippen LogP contribution is -2.30. The molecule has 0 aliphatic heterocycles. The first-order valence-corrected chi connectivity index (χ1v) is 10.3. The van der Waals surface area contributed by atoms with Crippen LogP contribution in [0.15, 0.2) is 66.2 Å². The number of fused-ring (bicyclic) bond motifs is 2. The number of aromatic nitrogens is 2. The Labute approximate surface area is 190 Å². The molecule has 34 heavy (non-hydrogen) atoms. The van der Waals surface area contributed by atoms with Crippen molar-refractivity contribution in [3.63, 3.8) is 0 Å². The van der Waals surface area contributed by atoms with Gasteiger partial charge in [-0.05, 0) is 52.9 Å². The summed E-state index contributed by atoms with van der Waals surface area (Å²) < 4.78 is 65.8. The number of H-pyrrole nitrogens is 1. The van der Waals surface area contributed by atoms with E-state index in [1.165, 1.54) is 12.1 Å². The van der Waals surface area contributed by atoms with E-state index in [2.05, 4.69) is 10.2 Å². The lowest BCUT2D eigenvalue weighted by atomic mass is 9.85. The predicted molar refractivity (Wildman–Crippen MR) is 117 cm³/mol. The van der Waals surface area contributed by atoms with Crippen molar-refractivity contribution in [3.05, 3.63) is 100 Å². The largest absolute Gasteiger partial charge is 0.471 e. The van der Waals surface area contributed by atoms with Crippen LogP contribution in [0.25, 0.3) is 17.0 Å². The third-order valence-electron chi connectivity index (χ3n) is 5.76. The molecule has 1 amide bonds. The number of anilines is 1. The number of aromatic amines is 1. The van der Waals surface area contributed by atoms with Gasteiger partial charge in [0.15, 0.2) is 5.82 Å². The van der Waals surface area contributed by atoms with Gasteiger partial charge in [-0.3, -0.25) is 9.89 Å². The van der Waals surface area contributed by atoms with E-state index in [1.807, 2.05) is 36.4 Å². The van der Waals surface area contributed by atoms with Crippen molar-refractivity contribution >= 4 is 28.7 Å². The number of hydrogen-bond acceptors (Lipinski definition) is 2. The van der Waals surface area contributed by atoms with Gasteiger partial charge < -0.3 is 5.32 Å². The van der Waals surface area contributed by atoms with Crippen LogP contribution in [-0.4, -0.2) is 22.3 Å². The van der Waals surface area contributed by atoms with Gasteiger partial charge >= 0.3 is 12.1 Å². The minimum Gasteiger partial charge on any atom is -0.301 e. The van der Waals surface area contributed by atoms with Gasteiger partial charge in [0.25, 0.3) is 0 Å². The smallest absolute Gasteiger partial charge is 0.301 e. The molecule has 0 saturated carbocycles. The molecule has 3 aromatic carbocycles.